The number of halogens is 3. The van der Waals surface area contributed by atoms with Crippen LogP contribution in [0.5, 0.6) is 5.75 Å². The summed E-state index contributed by atoms with van der Waals surface area (Å²) in [5.41, 5.74) is 7.51. The highest BCUT2D eigenvalue weighted by atomic mass is 35.5. The van der Waals surface area contributed by atoms with Crippen LogP contribution in [0.3, 0.4) is 0 Å². The SMILES string of the molecule is C[C@@H](N)c1ccc(OC/C(Cl)=C/Cl)c(F)c1. The molecule has 0 aliphatic heterocycles. The smallest absolute Gasteiger partial charge is 0.165 e. The molecule has 1 atom stereocenters. The third kappa shape index (κ3) is 3.67. The van der Waals surface area contributed by atoms with E-state index in [9.17, 15) is 4.39 Å². The molecule has 0 spiro atoms. The van der Waals surface area contributed by atoms with E-state index < -0.39 is 5.82 Å². The van der Waals surface area contributed by atoms with Crippen LogP contribution >= 0.6 is 23.2 Å². The summed E-state index contributed by atoms with van der Waals surface area (Å²) in [6.07, 6.45) is 0. The first-order valence-corrected chi connectivity index (χ1v) is 5.48. The minimum absolute atomic E-state index is 0.0412. The third-order valence-corrected chi connectivity index (χ3v) is 2.56. The van der Waals surface area contributed by atoms with E-state index in [0.29, 0.717) is 10.6 Å². The molecule has 0 bridgehead atoms. The van der Waals surface area contributed by atoms with Crippen molar-refractivity contribution < 1.29 is 9.13 Å². The van der Waals surface area contributed by atoms with Crippen molar-refractivity contribution in [1.29, 1.82) is 0 Å². The lowest BCUT2D eigenvalue weighted by molar-refractivity contribution is 0.338. The molecule has 0 unspecified atom stereocenters. The number of benzene rings is 1. The average molecular weight is 264 g/mol. The van der Waals surface area contributed by atoms with Gasteiger partial charge in [0.2, 0.25) is 0 Å². The molecule has 0 heterocycles. The molecule has 0 saturated carbocycles. The van der Waals surface area contributed by atoms with Gasteiger partial charge in [0, 0.05) is 11.6 Å². The van der Waals surface area contributed by atoms with Crippen molar-refractivity contribution in [3.63, 3.8) is 0 Å². The van der Waals surface area contributed by atoms with Gasteiger partial charge in [0.25, 0.3) is 0 Å². The standard InChI is InChI=1S/C11H12Cl2FNO/c1-7(15)8-2-3-11(10(14)4-8)16-6-9(13)5-12/h2-5,7H,6,15H2,1H3/b9-5-/t7-/m1/s1. The predicted octanol–water partition coefficient (Wildman–Crippen LogP) is 3.54. The molecule has 16 heavy (non-hydrogen) atoms. The zero-order chi connectivity index (χ0) is 12.1. The van der Waals surface area contributed by atoms with Gasteiger partial charge in [0.1, 0.15) is 6.61 Å². The Hall–Kier alpha value is -0.770. The molecular formula is C11H12Cl2FNO. The second-order valence-corrected chi connectivity index (χ2v) is 4.03. The van der Waals surface area contributed by atoms with Crippen LogP contribution in [0.1, 0.15) is 18.5 Å². The Morgan fingerprint density at radius 2 is 2.31 bits per heavy atom. The van der Waals surface area contributed by atoms with Crippen molar-refractivity contribution in [3.8, 4) is 5.75 Å². The molecule has 2 N–H and O–H groups in total. The van der Waals surface area contributed by atoms with Crippen molar-refractivity contribution in [2.45, 2.75) is 13.0 Å². The molecular weight excluding hydrogens is 252 g/mol. The van der Waals surface area contributed by atoms with Crippen LogP contribution in [0.15, 0.2) is 28.8 Å². The van der Waals surface area contributed by atoms with E-state index >= 15 is 0 Å². The normalized spacial score (nSPS) is 13.7. The molecule has 0 fully saturated rings. The fourth-order valence-electron chi connectivity index (χ4n) is 1.10. The Balaban J connectivity index is 2.75. The molecule has 0 aliphatic rings. The van der Waals surface area contributed by atoms with Gasteiger partial charge in [-0.05, 0) is 24.6 Å². The van der Waals surface area contributed by atoms with Gasteiger partial charge in [0.15, 0.2) is 11.6 Å². The van der Waals surface area contributed by atoms with Crippen molar-refractivity contribution in [2.24, 2.45) is 5.73 Å². The average Bonchev–Trinajstić information content (AvgIpc) is 2.26. The zero-order valence-corrected chi connectivity index (χ0v) is 10.2. The lowest BCUT2D eigenvalue weighted by Crippen LogP contribution is -2.06. The van der Waals surface area contributed by atoms with E-state index in [1.165, 1.54) is 17.7 Å². The van der Waals surface area contributed by atoms with Gasteiger partial charge < -0.3 is 10.5 Å². The Morgan fingerprint density at radius 3 is 2.81 bits per heavy atom. The second-order valence-electron chi connectivity index (χ2n) is 3.32. The van der Waals surface area contributed by atoms with Crippen LogP contribution in [0.2, 0.25) is 0 Å². The topological polar surface area (TPSA) is 35.2 Å². The van der Waals surface area contributed by atoms with Crippen LogP contribution in [0.4, 0.5) is 4.39 Å². The van der Waals surface area contributed by atoms with Crippen LogP contribution in [0, 0.1) is 5.82 Å². The molecule has 0 amide bonds. The zero-order valence-electron chi connectivity index (χ0n) is 8.71. The van der Waals surface area contributed by atoms with Crippen molar-refractivity contribution in [2.75, 3.05) is 6.61 Å². The van der Waals surface area contributed by atoms with E-state index in [1.54, 1.807) is 13.0 Å². The van der Waals surface area contributed by atoms with Crippen LogP contribution in [0.25, 0.3) is 0 Å². The first-order valence-electron chi connectivity index (χ1n) is 4.67. The largest absolute Gasteiger partial charge is 0.485 e. The van der Waals surface area contributed by atoms with E-state index in [1.807, 2.05) is 0 Å². The first kappa shape index (κ1) is 13.3. The van der Waals surface area contributed by atoms with Gasteiger partial charge in [-0.3, -0.25) is 0 Å². The second kappa shape index (κ2) is 6.09. The third-order valence-electron chi connectivity index (χ3n) is 1.97. The maximum Gasteiger partial charge on any atom is 0.165 e. The number of nitrogens with two attached hydrogens (primary N) is 1. The quantitative estimate of drug-likeness (QED) is 0.902. The minimum atomic E-state index is -0.464. The van der Waals surface area contributed by atoms with Gasteiger partial charge in [-0.1, -0.05) is 29.3 Å². The highest BCUT2D eigenvalue weighted by Crippen LogP contribution is 2.22. The van der Waals surface area contributed by atoms with E-state index in [0.717, 1.165) is 0 Å². The van der Waals surface area contributed by atoms with Gasteiger partial charge >= 0.3 is 0 Å². The lowest BCUT2D eigenvalue weighted by atomic mass is 10.1. The molecule has 88 valence electrons. The van der Waals surface area contributed by atoms with Crippen molar-refractivity contribution >= 4 is 23.2 Å². The van der Waals surface area contributed by atoms with Gasteiger partial charge in [-0.15, -0.1) is 0 Å². The molecule has 1 rings (SSSR count). The predicted molar refractivity (Wildman–Crippen MR) is 64.3 cm³/mol. The molecule has 1 aromatic carbocycles. The maximum absolute atomic E-state index is 13.5. The molecule has 2 nitrogen and oxygen atoms in total. The Kier molecular flexibility index (Phi) is 5.06. The number of rotatable bonds is 4. The summed E-state index contributed by atoms with van der Waals surface area (Å²) in [6.45, 7) is 1.82. The van der Waals surface area contributed by atoms with Gasteiger partial charge in [-0.2, -0.15) is 0 Å². The summed E-state index contributed by atoms with van der Waals surface area (Å²) >= 11 is 11.0. The van der Waals surface area contributed by atoms with Gasteiger partial charge in [0.05, 0.1) is 5.03 Å². The number of hydrogen-bond donors (Lipinski definition) is 1. The molecule has 1 aromatic rings. The highest BCUT2D eigenvalue weighted by Gasteiger charge is 2.07. The van der Waals surface area contributed by atoms with E-state index in [4.69, 9.17) is 33.7 Å². The summed E-state index contributed by atoms with van der Waals surface area (Å²) in [5, 5.41) is 0.303. The molecule has 0 aromatic heterocycles. The van der Waals surface area contributed by atoms with Gasteiger partial charge in [-0.25, -0.2) is 4.39 Å². The first-order chi connectivity index (χ1) is 7.54. The monoisotopic (exact) mass is 263 g/mol. The van der Waals surface area contributed by atoms with E-state index in [2.05, 4.69) is 0 Å². The Morgan fingerprint density at radius 1 is 1.62 bits per heavy atom. The minimum Gasteiger partial charge on any atom is -0.485 e. The van der Waals surface area contributed by atoms with Crippen LogP contribution in [-0.4, -0.2) is 6.61 Å². The summed E-state index contributed by atoms with van der Waals surface area (Å²) in [6, 6.07) is 4.36. The van der Waals surface area contributed by atoms with E-state index in [-0.39, 0.29) is 18.4 Å². The molecule has 0 radical (unpaired) electrons. The number of hydrogen-bond acceptors (Lipinski definition) is 2. The lowest BCUT2D eigenvalue weighted by Gasteiger charge is -2.09. The van der Waals surface area contributed by atoms with Crippen molar-refractivity contribution in [1.82, 2.24) is 0 Å². The highest BCUT2D eigenvalue weighted by molar-refractivity contribution is 6.36. The molecule has 0 aliphatic carbocycles. The molecule has 0 saturated heterocycles. The number of ether oxygens (including phenoxy) is 1. The Bertz CT molecular complexity index is 394. The Labute approximate surface area is 104 Å². The fourth-order valence-corrected chi connectivity index (χ4v) is 1.21. The fraction of sp³-hybridized carbons (Fsp3) is 0.273. The summed E-state index contributed by atoms with van der Waals surface area (Å²) < 4.78 is 18.6. The van der Waals surface area contributed by atoms with Crippen LogP contribution in [-0.2, 0) is 0 Å². The summed E-state index contributed by atoms with van der Waals surface area (Å²) in [5.74, 6) is -0.338. The van der Waals surface area contributed by atoms with Crippen LogP contribution < -0.4 is 10.5 Å². The molecule has 5 heteroatoms. The van der Waals surface area contributed by atoms with Crippen molar-refractivity contribution in [3.05, 3.63) is 40.1 Å². The maximum atomic E-state index is 13.5. The summed E-state index contributed by atoms with van der Waals surface area (Å²) in [4.78, 5) is 0. The summed E-state index contributed by atoms with van der Waals surface area (Å²) in [7, 11) is 0.